The maximum Gasteiger partial charge on any atom is 0.293 e. The molecule has 0 unspecified atom stereocenters. The van der Waals surface area contributed by atoms with E-state index in [1.54, 1.807) is 29.2 Å². The minimum absolute atomic E-state index is 0.0848. The molecule has 1 aromatic heterocycles. The van der Waals surface area contributed by atoms with E-state index in [9.17, 15) is 23.3 Å². The van der Waals surface area contributed by atoms with Crippen molar-refractivity contribution < 1.29 is 18.1 Å². The van der Waals surface area contributed by atoms with Gasteiger partial charge in [-0.3, -0.25) is 14.9 Å². The summed E-state index contributed by atoms with van der Waals surface area (Å²) in [5.74, 6) is -0.373. The second-order valence-electron chi connectivity index (χ2n) is 7.34. The average Bonchev–Trinajstić information content (AvgIpc) is 3.14. The molecule has 1 fully saturated rings. The Kier molecular flexibility index (Phi) is 6.44. The molecule has 3 rings (SSSR count). The van der Waals surface area contributed by atoms with Gasteiger partial charge in [0.05, 0.1) is 4.92 Å². The summed E-state index contributed by atoms with van der Waals surface area (Å²) in [6, 6.07) is 7.67. The zero-order valence-electron chi connectivity index (χ0n) is 17.0. The molecule has 0 saturated carbocycles. The minimum Gasteiger partial charge on any atom is -0.363 e. The Morgan fingerprint density at radius 1 is 1.17 bits per heavy atom. The van der Waals surface area contributed by atoms with E-state index in [1.807, 2.05) is 20.8 Å². The molecule has 11 heteroatoms. The van der Waals surface area contributed by atoms with Gasteiger partial charge in [-0.05, 0) is 45.0 Å². The zero-order valence-corrected chi connectivity index (χ0v) is 18.6. The Bertz CT molecular complexity index is 1060. The van der Waals surface area contributed by atoms with Crippen molar-refractivity contribution in [3.63, 3.8) is 0 Å². The van der Waals surface area contributed by atoms with E-state index in [1.165, 1.54) is 21.7 Å². The van der Waals surface area contributed by atoms with Crippen LogP contribution in [0.2, 0.25) is 0 Å². The molecule has 1 amide bonds. The summed E-state index contributed by atoms with van der Waals surface area (Å²) in [5.41, 5.74) is 0.426. The van der Waals surface area contributed by atoms with E-state index < -0.39 is 14.9 Å². The number of benzene rings is 1. The van der Waals surface area contributed by atoms with E-state index in [0.717, 1.165) is 4.88 Å². The number of nitro benzene ring substituents is 1. The van der Waals surface area contributed by atoms with Crippen LogP contribution in [0.15, 0.2) is 34.5 Å². The third-order valence-electron chi connectivity index (χ3n) is 4.74. The molecule has 1 aliphatic rings. The maximum atomic E-state index is 12.8. The van der Waals surface area contributed by atoms with Gasteiger partial charge in [0.15, 0.2) is 0 Å². The van der Waals surface area contributed by atoms with Crippen LogP contribution in [0.5, 0.6) is 0 Å². The number of piperazine rings is 1. The Morgan fingerprint density at radius 3 is 2.37 bits per heavy atom. The van der Waals surface area contributed by atoms with E-state index in [2.05, 4.69) is 5.32 Å². The Hall–Kier alpha value is -2.50. The summed E-state index contributed by atoms with van der Waals surface area (Å²) >= 11 is 1.23. The number of rotatable bonds is 6. The van der Waals surface area contributed by atoms with Gasteiger partial charge in [-0.2, -0.15) is 4.31 Å². The number of thiophene rings is 1. The van der Waals surface area contributed by atoms with Gasteiger partial charge >= 0.3 is 0 Å². The molecule has 9 nitrogen and oxygen atoms in total. The van der Waals surface area contributed by atoms with Crippen molar-refractivity contribution in [1.82, 2.24) is 9.62 Å². The van der Waals surface area contributed by atoms with Crippen LogP contribution in [-0.4, -0.2) is 55.8 Å². The molecule has 0 bridgehead atoms. The summed E-state index contributed by atoms with van der Waals surface area (Å²) in [5, 5.41) is 14.3. The minimum atomic E-state index is -3.56. The number of nitrogens with one attached hydrogen (secondary N) is 1. The van der Waals surface area contributed by atoms with Gasteiger partial charge in [0.25, 0.3) is 21.6 Å². The van der Waals surface area contributed by atoms with Crippen molar-refractivity contribution >= 4 is 38.6 Å². The van der Waals surface area contributed by atoms with E-state index in [0.29, 0.717) is 23.0 Å². The number of carbonyl (C=O) groups excluding carboxylic acids is 1. The number of nitrogens with zero attached hydrogens (tertiary/aromatic N) is 3. The molecule has 0 radical (unpaired) electrons. The van der Waals surface area contributed by atoms with Crippen LogP contribution >= 0.6 is 11.3 Å². The van der Waals surface area contributed by atoms with E-state index >= 15 is 0 Å². The van der Waals surface area contributed by atoms with Gasteiger partial charge in [-0.25, -0.2) is 8.42 Å². The largest absolute Gasteiger partial charge is 0.363 e. The molecule has 1 N–H and O–H groups in total. The fourth-order valence-corrected chi connectivity index (χ4v) is 6.13. The van der Waals surface area contributed by atoms with Crippen molar-refractivity contribution in [2.75, 3.05) is 31.1 Å². The summed E-state index contributed by atoms with van der Waals surface area (Å²) in [7, 11) is -3.56. The molecule has 1 aromatic carbocycles. The van der Waals surface area contributed by atoms with Crippen LogP contribution in [0.3, 0.4) is 0 Å². The van der Waals surface area contributed by atoms with Gasteiger partial charge in [0.2, 0.25) is 0 Å². The monoisotopic (exact) mass is 452 g/mol. The summed E-state index contributed by atoms with van der Waals surface area (Å²) in [6.45, 7) is 6.57. The van der Waals surface area contributed by atoms with Crippen LogP contribution in [0, 0.1) is 17.0 Å². The van der Waals surface area contributed by atoms with Crippen LogP contribution in [0.25, 0.3) is 0 Å². The zero-order chi connectivity index (χ0) is 22.1. The number of sulfonamides is 1. The third kappa shape index (κ3) is 4.63. The number of carbonyl (C=O) groups is 1. The van der Waals surface area contributed by atoms with Crippen molar-refractivity contribution in [2.45, 2.75) is 31.0 Å². The highest BCUT2D eigenvalue weighted by atomic mass is 32.2. The molecule has 0 spiro atoms. The van der Waals surface area contributed by atoms with Gasteiger partial charge < -0.3 is 10.2 Å². The lowest BCUT2D eigenvalue weighted by atomic mass is 10.1. The Morgan fingerprint density at radius 2 is 1.83 bits per heavy atom. The standard InChI is InChI=1S/C19H24N4O5S2/c1-13(2)20-19(24)15-5-6-16(17(12-15)23(25)26)21-8-10-22(11-9-21)30(27,28)18-7-4-14(3)29-18/h4-7,12-13H,8-11H2,1-3H3,(H,20,24). The molecule has 2 aromatic rings. The lowest BCUT2D eigenvalue weighted by Crippen LogP contribution is -2.48. The second-order valence-corrected chi connectivity index (χ2v) is 10.8. The van der Waals surface area contributed by atoms with Crippen LogP contribution in [0.1, 0.15) is 29.1 Å². The highest BCUT2D eigenvalue weighted by molar-refractivity contribution is 7.91. The average molecular weight is 453 g/mol. The predicted octanol–water partition coefficient (Wildman–Crippen LogP) is 2.61. The third-order valence-corrected chi connectivity index (χ3v) is 8.11. The summed E-state index contributed by atoms with van der Waals surface area (Å²) < 4.78 is 27.3. The highest BCUT2D eigenvalue weighted by Gasteiger charge is 2.31. The molecular formula is C19H24N4O5S2. The Balaban J connectivity index is 1.78. The number of hydrogen-bond donors (Lipinski definition) is 1. The van der Waals surface area contributed by atoms with Crippen LogP contribution in [0.4, 0.5) is 11.4 Å². The first-order chi connectivity index (χ1) is 14.1. The smallest absolute Gasteiger partial charge is 0.293 e. The van der Waals surface area contributed by atoms with Crippen molar-refractivity contribution in [2.24, 2.45) is 0 Å². The van der Waals surface area contributed by atoms with Gasteiger partial charge in [-0.1, -0.05) is 0 Å². The molecule has 1 saturated heterocycles. The number of hydrogen-bond acceptors (Lipinski definition) is 7. The molecular weight excluding hydrogens is 428 g/mol. The van der Waals surface area contributed by atoms with Crippen LogP contribution < -0.4 is 10.2 Å². The topological polar surface area (TPSA) is 113 Å². The fourth-order valence-electron chi connectivity index (χ4n) is 3.27. The molecule has 0 aliphatic carbocycles. The molecule has 1 aliphatic heterocycles. The van der Waals surface area contributed by atoms with Crippen molar-refractivity contribution in [3.05, 3.63) is 50.9 Å². The molecule has 2 heterocycles. The number of amides is 1. The van der Waals surface area contributed by atoms with Crippen LogP contribution in [-0.2, 0) is 10.0 Å². The van der Waals surface area contributed by atoms with Gasteiger partial charge in [0.1, 0.15) is 9.90 Å². The first-order valence-electron chi connectivity index (χ1n) is 9.50. The summed E-state index contributed by atoms with van der Waals surface area (Å²) in [4.78, 5) is 26.0. The number of anilines is 1. The quantitative estimate of drug-likeness (QED) is 0.532. The van der Waals surface area contributed by atoms with Crippen molar-refractivity contribution in [1.29, 1.82) is 0 Å². The lowest BCUT2D eigenvalue weighted by Gasteiger charge is -2.34. The summed E-state index contributed by atoms with van der Waals surface area (Å²) in [6.07, 6.45) is 0. The number of nitro groups is 1. The lowest BCUT2D eigenvalue weighted by molar-refractivity contribution is -0.384. The number of aryl methyl sites for hydroxylation is 1. The van der Waals surface area contributed by atoms with Gasteiger partial charge in [-0.15, -0.1) is 11.3 Å². The second kappa shape index (κ2) is 8.70. The molecule has 162 valence electrons. The van der Waals surface area contributed by atoms with E-state index in [-0.39, 0.29) is 36.3 Å². The van der Waals surface area contributed by atoms with Gasteiger partial charge in [0, 0.05) is 48.7 Å². The molecule has 0 atom stereocenters. The first-order valence-corrected chi connectivity index (χ1v) is 11.8. The Labute approximate surface area is 179 Å². The normalized spacial score (nSPS) is 15.4. The van der Waals surface area contributed by atoms with E-state index in [4.69, 9.17) is 0 Å². The fraction of sp³-hybridized carbons (Fsp3) is 0.421. The van der Waals surface area contributed by atoms with Crippen molar-refractivity contribution in [3.8, 4) is 0 Å². The molecule has 30 heavy (non-hydrogen) atoms. The first kappa shape index (κ1) is 22.2. The maximum absolute atomic E-state index is 12.8. The SMILES string of the molecule is Cc1ccc(S(=O)(=O)N2CCN(c3ccc(C(=O)NC(C)C)cc3[N+](=O)[O-])CC2)s1. The predicted molar refractivity (Wildman–Crippen MR) is 116 cm³/mol. The highest BCUT2D eigenvalue weighted by Crippen LogP contribution is 2.31.